The molecule has 0 bridgehead atoms. The fourth-order valence-corrected chi connectivity index (χ4v) is 5.08. The van der Waals surface area contributed by atoms with Gasteiger partial charge in [0.15, 0.2) is 11.6 Å². The monoisotopic (exact) mass is 537 g/mol. The van der Waals surface area contributed by atoms with Crippen LogP contribution in [0.5, 0.6) is 0 Å². The summed E-state index contributed by atoms with van der Waals surface area (Å²) < 4.78 is 39.7. The Morgan fingerprint density at radius 1 is 1.03 bits per heavy atom. The summed E-state index contributed by atoms with van der Waals surface area (Å²) in [6.45, 7) is 0.836. The van der Waals surface area contributed by atoms with Crippen LogP contribution in [0, 0.1) is 17.6 Å². The molecule has 1 unspecified atom stereocenters. The van der Waals surface area contributed by atoms with Gasteiger partial charge >= 0.3 is 12.2 Å². The van der Waals surface area contributed by atoms with Crippen molar-refractivity contribution in [1.29, 1.82) is 0 Å². The summed E-state index contributed by atoms with van der Waals surface area (Å²) in [5.41, 5.74) is -0.236. The van der Waals surface area contributed by atoms with Crippen LogP contribution < -0.4 is 20.4 Å². The first-order chi connectivity index (χ1) is 18.3. The number of piperazine rings is 1. The van der Waals surface area contributed by atoms with Crippen LogP contribution in [0.3, 0.4) is 0 Å². The fourth-order valence-electron chi connectivity index (χ4n) is 5.08. The van der Waals surface area contributed by atoms with Gasteiger partial charge in [0.2, 0.25) is 11.8 Å². The van der Waals surface area contributed by atoms with Gasteiger partial charge in [-0.25, -0.2) is 18.4 Å². The number of benzene rings is 1. The summed E-state index contributed by atoms with van der Waals surface area (Å²) in [5.74, 6) is -2.04. The molecule has 0 spiro atoms. The van der Waals surface area contributed by atoms with Crippen LogP contribution in [-0.4, -0.2) is 87.9 Å². The van der Waals surface area contributed by atoms with Crippen molar-refractivity contribution in [1.82, 2.24) is 15.5 Å². The second kappa shape index (κ2) is 12.3. The van der Waals surface area contributed by atoms with E-state index in [9.17, 15) is 19.2 Å². The van der Waals surface area contributed by atoms with Gasteiger partial charge in [0, 0.05) is 44.2 Å². The van der Waals surface area contributed by atoms with Gasteiger partial charge in [-0.15, -0.1) is 0 Å². The summed E-state index contributed by atoms with van der Waals surface area (Å²) in [7, 11) is 1.20. The lowest BCUT2D eigenvalue weighted by Gasteiger charge is -2.36. The molecule has 2 heterocycles. The topological polar surface area (TPSA) is 121 Å². The maximum absolute atomic E-state index is 15.1. The van der Waals surface area contributed by atoms with Crippen molar-refractivity contribution in [3.63, 3.8) is 0 Å². The highest BCUT2D eigenvalue weighted by molar-refractivity contribution is 5.90. The van der Waals surface area contributed by atoms with Crippen LogP contribution >= 0.6 is 0 Å². The number of amides is 4. The first-order valence-electron chi connectivity index (χ1n) is 12.9. The molecule has 11 nitrogen and oxygen atoms in total. The fraction of sp³-hybridized carbons (Fsp3) is 0.600. The Morgan fingerprint density at radius 2 is 1.68 bits per heavy atom. The number of nitrogens with zero attached hydrogens (tertiary/aromatic N) is 3. The van der Waals surface area contributed by atoms with Crippen LogP contribution in [0.4, 0.5) is 29.7 Å². The van der Waals surface area contributed by atoms with Crippen molar-refractivity contribution in [2.75, 3.05) is 62.7 Å². The van der Waals surface area contributed by atoms with E-state index in [1.807, 2.05) is 0 Å². The maximum Gasteiger partial charge on any atom is 0.414 e. The number of hydrogen-bond donors (Lipinski definition) is 2. The number of carbonyl (C=O) groups excluding carboxylic acids is 4. The van der Waals surface area contributed by atoms with Crippen LogP contribution in [0.25, 0.3) is 0 Å². The van der Waals surface area contributed by atoms with Gasteiger partial charge in [0.1, 0.15) is 11.8 Å². The summed E-state index contributed by atoms with van der Waals surface area (Å²) in [4.78, 5) is 52.5. The molecule has 0 aromatic heterocycles. The smallest absolute Gasteiger partial charge is 0.414 e. The van der Waals surface area contributed by atoms with E-state index in [0.717, 1.165) is 49.1 Å². The second-order valence-corrected chi connectivity index (χ2v) is 9.67. The predicted molar refractivity (Wildman–Crippen MR) is 133 cm³/mol. The minimum absolute atomic E-state index is 0.000868. The van der Waals surface area contributed by atoms with Crippen LogP contribution in [0.15, 0.2) is 12.1 Å². The van der Waals surface area contributed by atoms with E-state index < -0.39 is 29.9 Å². The van der Waals surface area contributed by atoms with Crippen molar-refractivity contribution in [2.45, 2.75) is 38.2 Å². The molecule has 1 atom stereocenters. The minimum Gasteiger partial charge on any atom is -0.453 e. The third-order valence-corrected chi connectivity index (χ3v) is 7.19. The first-order valence-corrected chi connectivity index (χ1v) is 12.9. The Hall–Kier alpha value is -3.64. The predicted octanol–water partition coefficient (Wildman–Crippen LogP) is 1.99. The molecule has 2 N–H and O–H groups in total. The highest BCUT2D eigenvalue weighted by Gasteiger charge is 2.34. The molecule has 3 fully saturated rings. The van der Waals surface area contributed by atoms with Crippen molar-refractivity contribution in [3.8, 4) is 0 Å². The molecule has 1 saturated carbocycles. The summed E-state index contributed by atoms with van der Waals surface area (Å²) in [5, 5.41) is 5.15. The molecular formula is C25H33F2N5O6. The molecule has 1 aliphatic carbocycles. The van der Waals surface area contributed by atoms with Gasteiger partial charge in [-0.05, 0) is 12.8 Å². The van der Waals surface area contributed by atoms with Gasteiger partial charge < -0.3 is 29.9 Å². The van der Waals surface area contributed by atoms with Crippen molar-refractivity contribution in [3.05, 3.63) is 23.8 Å². The number of halogens is 2. The van der Waals surface area contributed by atoms with Crippen molar-refractivity contribution >= 4 is 35.4 Å². The number of nitrogens with one attached hydrogen (secondary N) is 2. The number of ether oxygens (including phenoxy) is 2. The minimum atomic E-state index is -0.844. The van der Waals surface area contributed by atoms with Gasteiger partial charge in [0.05, 0.1) is 32.4 Å². The molecule has 4 rings (SSSR count). The molecule has 13 heteroatoms. The third kappa shape index (κ3) is 6.43. The molecule has 1 aromatic carbocycles. The molecule has 1 aromatic rings. The van der Waals surface area contributed by atoms with Crippen molar-refractivity contribution in [2.24, 2.45) is 5.92 Å². The number of anilines is 2. The molecular weight excluding hydrogens is 504 g/mol. The normalized spacial score (nSPS) is 20.2. The first kappa shape index (κ1) is 27.4. The third-order valence-electron chi connectivity index (χ3n) is 7.19. The Kier molecular flexibility index (Phi) is 8.85. The van der Waals surface area contributed by atoms with Crippen LogP contribution in [0.1, 0.15) is 32.1 Å². The van der Waals surface area contributed by atoms with Crippen molar-refractivity contribution < 1.29 is 37.4 Å². The van der Waals surface area contributed by atoms with E-state index in [1.54, 1.807) is 4.90 Å². The van der Waals surface area contributed by atoms with E-state index >= 15 is 8.78 Å². The number of hydrogen-bond acceptors (Lipinski definition) is 7. The van der Waals surface area contributed by atoms with E-state index in [0.29, 0.717) is 0 Å². The zero-order chi connectivity index (χ0) is 27.2. The number of alkyl carbamates (subject to hydrolysis) is 1. The molecule has 208 valence electrons. The molecule has 3 aliphatic rings. The van der Waals surface area contributed by atoms with Crippen LogP contribution in [-0.2, 0) is 19.1 Å². The zero-order valence-electron chi connectivity index (χ0n) is 21.3. The molecule has 2 aliphatic heterocycles. The van der Waals surface area contributed by atoms with E-state index in [4.69, 9.17) is 4.74 Å². The Morgan fingerprint density at radius 3 is 2.32 bits per heavy atom. The van der Waals surface area contributed by atoms with Gasteiger partial charge in [-0.2, -0.15) is 0 Å². The van der Waals surface area contributed by atoms with Gasteiger partial charge in [-0.3, -0.25) is 14.5 Å². The molecule has 38 heavy (non-hydrogen) atoms. The highest BCUT2D eigenvalue weighted by Crippen LogP contribution is 2.31. The molecule has 0 radical (unpaired) electrons. The number of carbonyl (C=O) groups is 4. The van der Waals surface area contributed by atoms with Crippen LogP contribution in [0.2, 0.25) is 0 Å². The highest BCUT2D eigenvalue weighted by atomic mass is 19.1. The Balaban J connectivity index is 1.30. The Bertz CT molecular complexity index is 1040. The average molecular weight is 538 g/mol. The molecule has 2 saturated heterocycles. The quantitative estimate of drug-likeness (QED) is 0.546. The lowest BCUT2D eigenvalue weighted by molar-refractivity contribution is -0.134. The Labute approximate surface area is 219 Å². The number of rotatable bonds is 7. The maximum atomic E-state index is 15.1. The number of cyclic esters (lactones) is 1. The summed E-state index contributed by atoms with van der Waals surface area (Å²) in [6, 6.07) is 2.13. The number of methoxy groups -OCH3 is 1. The molecule has 4 amide bonds. The average Bonchev–Trinajstić information content (AvgIpc) is 3.30. The second-order valence-electron chi connectivity index (χ2n) is 9.67. The summed E-state index contributed by atoms with van der Waals surface area (Å²) in [6.07, 6.45) is 2.71. The van der Waals surface area contributed by atoms with E-state index in [-0.39, 0.29) is 74.9 Å². The SMILES string of the molecule is COC(=O)NCC1CN(c2cc(F)c(N3CCN(C(=O)CNC(=O)C4CCCCC4)CC3)c(F)c2)C(=O)O1. The zero-order valence-corrected chi connectivity index (χ0v) is 21.3. The summed E-state index contributed by atoms with van der Waals surface area (Å²) >= 11 is 0. The lowest BCUT2D eigenvalue weighted by atomic mass is 9.89. The van der Waals surface area contributed by atoms with Gasteiger partial charge in [-0.1, -0.05) is 19.3 Å². The van der Waals surface area contributed by atoms with E-state index in [1.165, 1.54) is 12.0 Å². The lowest BCUT2D eigenvalue weighted by Crippen LogP contribution is -2.52. The van der Waals surface area contributed by atoms with Gasteiger partial charge in [0.25, 0.3) is 0 Å². The standard InChI is InChI=1S/C25H33F2N5O6/c1-37-24(35)29-13-18-15-32(25(36)38-18)17-11-19(26)22(20(27)12-17)31-9-7-30(8-10-31)21(33)14-28-23(34)16-5-3-2-4-6-16/h11-12,16,18H,2-10,13-15H2,1H3,(H,28,34)(H,29,35). The van der Waals surface area contributed by atoms with E-state index in [2.05, 4.69) is 15.4 Å². The largest absolute Gasteiger partial charge is 0.453 e.